The predicted molar refractivity (Wildman–Crippen MR) is 64.5 cm³/mol. The fourth-order valence-electron chi connectivity index (χ4n) is 3.17. The number of hydrogen-bond donors (Lipinski definition) is 1. The van der Waals surface area contributed by atoms with Gasteiger partial charge in [-0.1, -0.05) is 6.92 Å². The predicted octanol–water partition coefficient (Wildman–Crippen LogP) is 1.26. The van der Waals surface area contributed by atoms with E-state index in [0.717, 1.165) is 38.6 Å². The standard InChI is InChI=1S/C13H22N2O2/c1-3-10-14-13(7-8-13)11(16)15(10)9-12(17-2)5-4-6-12/h10,14H,3-9H2,1-2H3. The molecule has 2 aliphatic carbocycles. The maximum absolute atomic E-state index is 12.4. The van der Waals surface area contributed by atoms with Gasteiger partial charge in [0.15, 0.2) is 0 Å². The minimum Gasteiger partial charge on any atom is -0.376 e. The van der Waals surface area contributed by atoms with Crippen molar-refractivity contribution in [3.05, 3.63) is 0 Å². The van der Waals surface area contributed by atoms with Crippen molar-refractivity contribution >= 4 is 5.91 Å². The van der Waals surface area contributed by atoms with Crippen LogP contribution in [0.25, 0.3) is 0 Å². The highest BCUT2D eigenvalue weighted by Gasteiger charge is 2.59. The Hall–Kier alpha value is -0.610. The Bertz CT molecular complexity index is 329. The monoisotopic (exact) mass is 238 g/mol. The third-order valence-corrected chi connectivity index (χ3v) is 4.78. The summed E-state index contributed by atoms with van der Waals surface area (Å²) in [5.74, 6) is 0.313. The second-order valence-corrected chi connectivity index (χ2v) is 5.82. The smallest absolute Gasteiger partial charge is 0.244 e. The quantitative estimate of drug-likeness (QED) is 0.801. The molecule has 1 amide bonds. The van der Waals surface area contributed by atoms with Crippen molar-refractivity contribution in [1.29, 1.82) is 0 Å². The molecule has 0 aromatic carbocycles. The second-order valence-electron chi connectivity index (χ2n) is 5.82. The third-order valence-electron chi connectivity index (χ3n) is 4.78. The van der Waals surface area contributed by atoms with E-state index in [0.29, 0.717) is 5.91 Å². The Balaban J connectivity index is 1.74. The van der Waals surface area contributed by atoms with Gasteiger partial charge in [0.1, 0.15) is 0 Å². The molecule has 0 aromatic heterocycles. The summed E-state index contributed by atoms with van der Waals surface area (Å²) in [6.07, 6.45) is 6.64. The van der Waals surface area contributed by atoms with Gasteiger partial charge in [-0.3, -0.25) is 10.1 Å². The molecule has 0 bridgehead atoms. The van der Waals surface area contributed by atoms with Gasteiger partial charge in [-0.15, -0.1) is 0 Å². The molecular formula is C13H22N2O2. The van der Waals surface area contributed by atoms with E-state index in [1.807, 2.05) is 4.90 Å². The molecule has 1 heterocycles. The lowest BCUT2D eigenvalue weighted by molar-refractivity contribution is -0.140. The van der Waals surface area contributed by atoms with Crippen LogP contribution in [0.4, 0.5) is 0 Å². The SMILES string of the molecule is CCC1NC2(CC2)C(=O)N1CC1(OC)CCC1. The van der Waals surface area contributed by atoms with Crippen LogP contribution in [0.15, 0.2) is 0 Å². The van der Waals surface area contributed by atoms with Crippen molar-refractivity contribution in [2.45, 2.75) is 62.8 Å². The minimum absolute atomic E-state index is 0.0504. The Kier molecular flexibility index (Phi) is 2.49. The van der Waals surface area contributed by atoms with E-state index >= 15 is 0 Å². The van der Waals surface area contributed by atoms with Gasteiger partial charge in [0.2, 0.25) is 5.91 Å². The number of carbonyl (C=O) groups excluding carboxylic acids is 1. The van der Waals surface area contributed by atoms with Crippen LogP contribution in [0, 0.1) is 0 Å². The summed E-state index contributed by atoms with van der Waals surface area (Å²) < 4.78 is 5.64. The van der Waals surface area contributed by atoms with Crippen molar-refractivity contribution in [3.63, 3.8) is 0 Å². The first-order valence-corrected chi connectivity index (χ1v) is 6.79. The Labute approximate surface area is 103 Å². The highest BCUT2D eigenvalue weighted by molar-refractivity contribution is 5.91. The molecule has 3 rings (SSSR count). The summed E-state index contributed by atoms with van der Waals surface area (Å²) >= 11 is 0. The van der Waals surface area contributed by atoms with Crippen LogP contribution in [0.1, 0.15) is 45.4 Å². The van der Waals surface area contributed by atoms with Crippen molar-refractivity contribution in [2.24, 2.45) is 0 Å². The molecule has 96 valence electrons. The van der Waals surface area contributed by atoms with Gasteiger partial charge in [-0.25, -0.2) is 0 Å². The molecule has 4 heteroatoms. The van der Waals surface area contributed by atoms with E-state index in [9.17, 15) is 4.79 Å². The summed E-state index contributed by atoms with van der Waals surface area (Å²) in [7, 11) is 1.78. The van der Waals surface area contributed by atoms with Crippen LogP contribution < -0.4 is 5.32 Å². The number of carbonyl (C=O) groups is 1. The number of ether oxygens (including phenoxy) is 1. The topological polar surface area (TPSA) is 41.6 Å². The van der Waals surface area contributed by atoms with Crippen LogP contribution in [-0.4, -0.2) is 41.8 Å². The highest BCUT2D eigenvalue weighted by atomic mass is 16.5. The van der Waals surface area contributed by atoms with E-state index in [1.165, 1.54) is 6.42 Å². The minimum atomic E-state index is -0.181. The van der Waals surface area contributed by atoms with Gasteiger partial charge < -0.3 is 9.64 Å². The fourth-order valence-corrected chi connectivity index (χ4v) is 3.17. The van der Waals surface area contributed by atoms with E-state index in [4.69, 9.17) is 4.74 Å². The van der Waals surface area contributed by atoms with E-state index in [-0.39, 0.29) is 17.3 Å². The molecule has 17 heavy (non-hydrogen) atoms. The molecule has 0 aromatic rings. The zero-order valence-electron chi connectivity index (χ0n) is 10.8. The normalized spacial score (nSPS) is 32.9. The number of hydrogen-bond acceptors (Lipinski definition) is 3. The first-order valence-electron chi connectivity index (χ1n) is 6.79. The van der Waals surface area contributed by atoms with Crippen molar-refractivity contribution in [3.8, 4) is 0 Å². The van der Waals surface area contributed by atoms with Gasteiger partial charge in [-0.2, -0.15) is 0 Å². The molecule has 1 spiro atoms. The average molecular weight is 238 g/mol. The van der Waals surface area contributed by atoms with Crippen molar-refractivity contribution in [2.75, 3.05) is 13.7 Å². The molecule has 1 saturated heterocycles. The molecular weight excluding hydrogens is 216 g/mol. The van der Waals surface area contributed by atoms with Gasteiger partial charge in [0.25, 0.3) is 0 Å². The zero-order chi connectivity index (χ0) is 12.1. The van der Waals surface area contributed by atoms with Gasteiger partial charge in [0.05, 0.1) is 23.9 Å². The van der Waals surface area contributed by atoms with E-state index in [2.05, 4.69) is 12.2 Å². The molecule has 1 N–H and O–H groups in total. The maximum atomic E-state index is 12.4. The fraction of sp³-hybridized carbons (Fsp3) is 0.923. The lowest BCUT2D eigenvalue weighted by Crippen LogP contribution is -2.52. The summed E-state index contributed by atoms with van der Waals surface area (Å²) in [6, 6.07) is 0. The summed E-state index contributed by atoms with van der Waals surface area (Å²) in [5, 5.41) is 3.51. The van der Waals surface area contributed by atoms with Gasteiger partial charge >= 0.3 is 0 Å². The Morgan fingerprint density at radius 1 is 1.41 bits per heavy atom. The number of amides is 1. The third kappa shape index (κ3) is 1.61. The lowest BCUT2D eigenvalue weighted by Gasteiger charge is -2.44. The van der Waals surface area contributed by atoms with Gasteiger partial charge in [0, 0.05) is 7.11 Å². The number of methoxy groups -OCH3 is 1. The van der Waals surface area contributed by atoms with Crippen molar-refractivity contribution in [1.82, 2.24) is 10.2 Å². The Morgan fingerprint density at radius 2 is 2.12 bits per heavy atom. The summed E-state index contributed by atoms with van der Waals surface area (Å²) in [5.41, 5.74) is -0.232. The number of rotatable bonds is 4. The lowest BCUT2D eigenvalue weighted by atomic mass is 9.79. The first-order chi connectivity index (χ1) is 8.15. The average Bonchev–Trinajstić information content (AvgIpc) is 3.01. The van der Waals surface area contributed by atoms with Crippen LogP contribution in [0.5, 0.6) is 0 Å². The summed E-state index contributed by atoms with van der Waals surface area (Å²) in [6.45, 7) is 2.91. The van der Waals surface area contributed by atoms with Crippen LogP contribution in [0.2, 0.25) is 0 Å². The molecule has 1 unspecified atom stereocenters. The van der Waals surface area contributed by atoms with Gasteiger partial charge in [-0.05, 0) is 38.5 Å². The van der Waals surface area contributed by atoms with E-state index in [1.54, 1.807) is 7.11 Å². The zero-order valence-corrected chi connectivity index (χ0v) is 10.8. The van der Waals surface area contributed by atoms with Crippen LogP contribution in [0.3, 0.4) is 0 Å². The Morgan fingerprint density at radius 3 is 2.53 bits per heavy atom. The molecule has 1 atom stereocenters. The first kappa shape index (κ1) is 11.5. The van der Waals surface area contributed by atoms with Crippen molar-refractivity contribution < 1.29 is 9.53 Å². The molecule has 4 nitrogen and oxygen atoms in total. The highest BCUT2D eigenvalue weighted by Crippen LogP contribution is 2.44. The molecule has 3 fully saturated rings. The largest absolute Gasteiger partial charge is 0.376 e. The number of nitrogens with zero attached hydrogens (tertiary/aromatic N) is 1. The number of nitrogens with one attached hydrogen (secondary N) is 1. The molecule has 3 aliphatic rings. The summed E-state index contributed by atoms with van der Waals surface area (Å²) in [4.78, 5) is 14.4. The molecule has 0 radical (unpaired) electrons. The second kappa shape index (κ2) is 3.69. The van der Waals surface area contributed by atoms with Crippen LogP contribution >= 0.6 is 0 Å². The molecule has 2 saturated carbocycles. The van der Waals surface area contributed by atoms with Crippen LogP contribution in [-0.2, 0) is 9.53 Å². The maximum Gasteiger partial charge on any atom is 0.244 e. The van der Waals surface area contributed by atoms with E-state index < -0.39 is 0 Å². The molecule has 1 aliphatic heterocycles.